The van der Waals surface area contributed by atoms with Crippen LogP contribution in [0.4, 0.5) is 0 Å². The second kappa shape index (κ2) is 3.87. The molecule has 1 aliphatic carbocycles. The number of para-hydroxylation sites is 1. The maximum Gasteiger partial charge on any atom is 0.219 e. The van der Waals surface area contributed by atoms with Crippen LogP contribution in [0.3, 0.4) is 0 Å². The molecule has 1 saturated carbocycles. The Kier molecular flexibility index (Phi) is 2.44. The molecule has 3 nitrogen and oxygen atoms in total. The Labute approximate surface area is 107 Å². The summed E-state index contributed by atoms with van der Waals surface area (Å²) in [6, 6.07) is 8.38. The van der Waals surface area contributed by atoms with E-state index in [0.717, 1.165) is 6.54 Å². The number of rotatable bonds is 3. The molecule has 0 unspecified atom stereocenters. The van der Waals surface area contributed by atoms with Gasteiger partial charge in [0.05, 0.1) is 0 Å². The summed E-state index contributed by atoms with van der Waals surface area (Å²) in [5.41, 5.74) is 2.73. The van der Waals surface area contributed by atoms with Gasteiger partial charge < -0.3 is 9.88 Å². The average molecular weight is 242 g/mol. The van der Waals surface area contributed by atoms with Gasteiger partial charge in [-0.1, -0.05) is 18.2 Å². The number of nitrogens with zero attached hydrogens (tertiary/aromatic N) is 1. The zero-order chi connectivity index (χ0) is 12.8. The van der Waals surface area contributed by atoms with Gasteiger partial charge in [0.2, 0.25) is 5.91 Å². The van der Waals surface area contributed by atoms with E-state index < -0.39 is 0 Å². The Hall–Kier alpha value is -1.77. The highest BCUT2D eigenvalue weighted by Gasteiger charge is 2.46. The van der Waals surface area contributed by atoms with E-state index in [1.807, 2.05) is 18.0 Å². The van der Waals surface area contributed by atoms with Crippen LogP contribution >= 0.6 is 0 Å². The molecule has 2 aromatic rings. The van der Waals surface area contributed by atoms with Crippen LogP contribution in [0, 0.1) is 0 Å². The lowest BCUT2D eigenvalue weighted by atomic mass is 9.95. The first kappa shape index (κ1) is 11.3. The van der Waals surface area contributed by atoms with Crippen molar-refractivity contribution in [2.24, 2.45) is 0 Å². The first-order chi connectivity index (χ1) is 8.62. The van der Waals surface area contributed by atoms with Crippen LogP contribution in [0.25, 0.3) is 10.9 Å². The van der Waals surface area contributed by atoms with Gasteiger partial charge >= 0.3 is 0 Å². The first-order valence-corrected chi connectivity index (χ1v) is 6.41. The highest BCUT2D eigenvalue weighted by Crippen LogP contribution is 2.50. The Morgan fingerprint density at radius 3 is 2.78 bits per heavy atom. The van der Waals surface area contributed by atoms with E-state index in [2.05, 4.69) is 29.4 Å². The molecule has 0 radical (unpaired) electrons. The minimum atomic E-state index is 0.140. The molecular formula is C15H18N2O. The number of likely N-dealkylation sites (N-methyl/N-ethyl adjacent to an activating group) is 1. The summed E-state index contributed by atoms with van der Waals surface area (Å²) in [5, 5.41) is 1.30. The molecule has 1 N–H and O–H groups in total. The van der Waals surface area contributed by atoms with Crippen molar-refractivity contribution < 1.29 is 4.79 Å². The lowest BCUT2D eigenvalue weighted by Gasteiger charge is -2.22. The fraction of sp³-hybridized carbons (Fsp3) is 0.400. The molecule has 0 aliphatic heterocycles. The number of hydrogen-bond donors (Lipinski definition) is 1. The molecule has 1 fully saturated rings. The van der Waals surface area contributed by atoms with Gasteiger partial charge in [0.15, 0.2) is 0 Å². The van der Waals surface area contributed by atoms with Gasteiger partial charge in [-0.3, -0.25) is 4.79 Å². The maximum atomic E-state index is 11.4. The molecule has 0 bridgehead atoms. The predicted octanol–water partition coefficient (Wildman–Crippen LogP) is 2.68. The number of carbonyl (C=O) groups excluding carboxylic acids is 1. The minimum absolute atomic E-state index is 0.140. The van der Waals surface area contributed by atoms with Crippen molar-refractivity contribution in [1.82, 2.24) is 9.88 Å². The molecule has 1 heterocycles. The molecule has 1 aliphatic rings. The summed E-state index contributed by atoms with van der Waals surface area (Å²) < 4.78 is 0. The van der Waals surface area contributed by atoms with Crippen molar-refractivity contribution in [2.45, 2.75) is 25.2 Å². The fourth-order valence-corrected chi connectivity index (χ4v) is 2.74. The first-order valence-electron chi connectivity index (χ1n) is 6.41. The number of nitrogens with one attached hydrogen (secondary N) is 1. The molecule has 0 saturated heterocycles. The zero-order valence-electron chi connectivity index (χ0n) is 10.9. The van der Waals surface area contributed by atoms with Crippen LogP contribution in [0.5, 0.6) is 0 Å². The molecule has 18 heavy (non-hydrogen) atoms. The van der Waals surface area contributed by atoms with Crippen molar-refractivity contribution in [3.05, 3.63) is 36.0 Å². The third-order valence-electron chi connectivity index (χ3n) is 4.09. The van der Waals surface area contributed by atoms with Gasteiger partial charge in [0.1, 0.15) is 0 Å². The number of fused-ring (bicyclic) bond motifs is 1. The lowest BCUT2D eigenvalue weighted by molar-refractivity contribution is -0.127. The standard InChI is InChI=1S/C15H18N2O/c1-11(18)17(2)10-15(7-8-15)13-9-16-14-6-4-3-5-12(13)14/h3-6,9,16H,7-8,10H2,1-2H3. The van der Waals surface area contributed by atoms with Gasteiger partial charge in [-0.15, -0.1) is 0 Å². The second-order valence-electron chi connectivity index (χ2n) is 5.40. The normalized spacial score (nSPS) is 16.8. The summed E-state index contributed by atoms with van der Waals surface area (Å²) >= 11 is 0. The van der Waals surface area contributed by atoms with E-state index in [9.17, 15) is 4.79 Å². The third kappa shape index (κ3) is 1.70. The van der Waals surface area contributed by atoms with E-state index in [4.69, 9.17) is 0 Å². The lowest BCUT2D eigenvalue weighted by Crippen LogP contribution is -2.32. The molecule has 1 aromatic heterocycles. The van der Waals surface area contributed by atoms with Crippen molar-refractivity contribution in [3.8, 4) is 0 Å². The Morgan fingerprint density at radius 2 is 2.11 bits per heavy atom. The third-order valence-corrected chi connectivity index (χ3v) is 4.09. The number of aromatic nitrogens is 1. The smallest absolute Gasteiger partial charge is 0.219 e. The summed E-state index contributed by atoms with van der Waals surface area (Å²) in [6.45, 7) is 2.45. The van der Waals surface area contributed by atoms with Crippen LogP contribution in [0.2, 0.25) is 0 Å². The number of H-pyrrole nitrogens is 1. The number of carbonyl (C=O) groups is 1. The van der Waals surface area contributed by atoms with Crippen molar-refractivity contribution in [3.63, 3.8) is 0 Å². The largest absolute Gasteiger partial charge is 0.361 e. The number of hydrogen-bond acceptors (Lipinski definition) is 1. The van der Waals surface area contributed by atoms with Gasteiger partial charge in [-0.05, 0) is 24.5 Å². The van der Waals surface area contributed by atoms with E-state index in [1.165, 1.54) is 29.3 Å². The molecule has 3 rings (SSSR count). The highest BCUT2D eigenvalue weighted by atomic mass is 16.2. The van der Waals surface area contributed by atoms with Gasteiger partial charge in [-0.2, -0.15) is 0 Å². The summed E-state index contributed by atoms with van der Waals surface area (Å²) in [4.78, 5) is 16.6. The van der Waals surface area contributed by atoms with Crippen LogP contribution in [-0.4, -0.2) is 29.4 Å². The number of amides is 1. The molecular weight excluding hydrogens is 224 g/mol. The fourth-order valence-electron chi connectivity index (χ4n) is 2.74. The topological polar surface area (TPSA) is 36.1 Å². The molecule has 94 valence electrons. The van der Waals surface area contributed by atoms with Crippen molar-refractivity contribution in [1.29, 1.82) is 0 Å². The summed E-state index contributed by atoms with van der Waals surface area (Å²) in [5.74, 6) is 0.140. The number of aromatic amines is 1. The minimum Gasteiger partial charge on any atom is -0.361 e. The van der Waals surface area contributed by atoms with Crippen LogP contribution in [0.15, 0.2) is 30.5 Å². The quantitative estimate of drug-likeness (QED) is 0.882. The second-order valence-corrected chi connectivity index (χ2v) is 5.40. The number of benzene rings is 1. The van der Waals surface area contributed by atoms with Crippen molar-refractivity contribution in [2.75, 3.05) is 13.6 Å². The molecule has 1 aromatic carbocycles. The van der Waals surface area contributed by atoms with E-state index in [1.54, 1.807) is 6.92 Å². The molecule has 0 atom stereocenters. The van der Waals surface area contributed by atoms with Gasteiger partial charge in [-0.25, -0.2) is 0 Å². The predicted molar refractivity (Wildman–Crippen MR) is 72.5 cm³/mol. The van der Waals surface area contributed by atoms with Crippen molar-refractivity contribution >= 4 is 16.8 Å². The Bertz CT molecular complexity index is 595. The highest BCUT2D eigenvalue weighted by molar-refractivity contribution is 5.85. The Morgan fingerprint density at radius 1 is 1.39 bits per heavy atom. The summed E-state index contributed by atoms with van der Waals surface area (Å²) in [6.07, 6.45) is 4.46. The van der Waals surface area contributed by atoms with Crippen LogP contribution < -0.4 is 0 Å². The SMILES string of the molecule is CC(=O)N(C)CC1(c2c[nH]c3ccccc23)CC1. The molecule has 1 amide bonds. The zero-order valence-corrected chi connectivity index (χ0v) is 10.9. The Balaban J connectivity index is 1.97. The van der Waals surface area contributed by atoms with E-state index in [0.29, 0.717) is 0 Å². The van der Waals surface area contributed by atoms with Crippen LogP contribution in [0.1, 0.15) is 25.3 Å². The van der Waals surface area contributed by atoms with Gasteiger partial charge in [0.25, 0.3) is 0 Å². The maximum absolute atomic E-state index is 11.4. The summed E-state index contributed by atoms with van der Waals surface area (Å²) in [7, 11) is 1.89. The van der Waals surface area contributed by atoms with Crippen LogP contribution in [-0.2, 0) is 10.2 Å². The molecule has 3 heteroatoms. The average Bonchev–Trinajstić information content (AvgIpc) is 3.00. The van der Waals surface area contributed by atoms with E-state index >= 15 is 0 Å². The molecule has 0 spiro atoms. The monoisotopic (exact) mass is 242 g/mol. The van der Waals surface area contributed by atoms with Gasteiger partial charge in [0, 0.05) is 43.0 Å². The van der Waals surface area contributed by atoms with E-state index in [-0.39, 0.29) is 11.3 Å².